The molecule has 92 valence electrons. The third-order valence-electron chi connectivity index (χ3n) is 3.48. The van der Waals surface area contributed by atoms with Gasteiger partial charge in [0.05, 0.1) is 10.9 Å². The van der Waals surface area contributed by atoms with Crippen LogP contribution in [0.15, 0.2) is 0 Å². The molecule has 0 saturated heterocycles. The minimum atomic E-state index is -0.272. The fraction of sp³-hybridized carbons (Fsp3) is 0.833. The predicted molar refractivity (Wildman–Crippen MR) is 70.1 cm³/mol. The van der Waals surface area contributed by atoms with Gasteiger partial charge in [0.1, 0.15) is 0 Å². The fourth-order valence-corrected chi connectivity index (χ4v) is 2.24. The third kappa shape index (κ3) is 3.17. The van der Waals surface area contributed by atoms with Crippen molar-refractivity contribution in [1.29, 1.82) is 0 Å². The maximum atomic E-state index is 12.2. The van der Waals surface area contributed by atoms with E-state index in [0.717, 1.165) is 12.8 Å². The van der Waals surface area contributed by atoms with Crippen LogP contribution in [0.4, 0.5) is 0 Å². The number of carbonyl (C=O) groups excluding carboxylic acids is 1. The van der Waals surface area contributed by atoms with Gasteiger partial charge in [-0.3, -0.25) is 4.79 Å². The zero-order chi connectivity index (χ0) is 12.3. The highest BCUT2D eigenvalue weighted by molar-refractivity contribution is 7.80. The summed E-state index contributed by atoms with van der Waals surface area (Å²) in [6, 6.07) is 0.321. The van der Waals surface area contributed by atoms with Crippen molar-refractivity contribution < 1.29 is 4.79 Å². The van der Waals surface area contributed by atoms with Crippen molar-refractivity contribution in [2.24, 2.45) is 17.6 Å². The molecule has 1 aliphatic rings. The number of nitrogens with two attached hydrogens (primary N) is 1. The van der Waals surface area contributed by atoms with Gasteiger partial charge in [0, 0.05) is 13.1 Å². The van der Waals surface area contributed by atoms with Crippen molar-refractivity contribution in [2.45, 2.75) is 45.6 Å². The average Bonchev–Trinajstić information content (AvgIpc) is 3.06. The van der Waals surface area contributed by atoms with Gasteiger partial charge < -0.3 is 10.6 Å². The molecule has 1 fully saturated rings. The quantitative estimate of drug-likeness (QED) is 0.724. The maximum absolute atomic E-state index is 12.2. The Bertz CT molecular complexity index is 276. The SMILES string of the molecule is CCCC(C(=O)N(C)C(C)C1CC1)C(N)=S. The van der Waals surface area contributed by atoms with E-state index in [4.69, 9.17) is 18.0 Å². The Morgan fingerprint density at radius 2 is 2.12 bits per heavy atom. The van der Waals surface area contributed by atoms with Crippen molar-refractivity contribution in [3.63, 3.8) is 0 Å². The van der Waals surface area contributed by atoms with Crippen LogP contribution in [0.3, 0.4) is 0 Å². The zero-order valence-corrected chi connectivity index (χ0v) is 11.2. The number of nitrogens with zero attached hydrogens (tertiary/aromatic N) is 1. The van der Waals surface area contributed by atoms with Gasteiger partial charge in [-0.25, -0.2) is 0 Å². The Labute approximate surface area is 103 Å². The molecule has 0 aromatic rings. The lowest BCUT2D eigenvalue weighted by Crippen LogP contribution is -2.44. The molecule has 0 aliphatic heterocycles. The van der Waals surface area contributed by atoms with Crippen LogP contribution in [-0.2, 0) is 4.79 Å². The molecule has 2 unspecified atom stereocenters. The molecule has 2 N–H and O–H groups in total. The van der Waals surface area contributed by atoms with Crippen molar-refractivity contribution >= 4 is 23.1 Å². The van der Waals surface area contributed by atoms with E-state index in [0.29, 0.717) is 16.9 Å². The monoisotopic (exact) mass is 242 g/mol. The van der Waals surface area contributed by atoms with E-state index < -0.39 is 0 Å². The van der Waals surface area contributed by atoms with Gasteiger partial charge in [0.2, 0.25) is 5.91 Å². The molecular formula is C12H22N2OS. The van der Waals surface area contributed by atoms with Gasteiger partial charge in [0.15, 0.2) is 0 Å². The summed E-state index contributed by atoms with van der Waals surface area (Å²) in [4.78, 5) is 14.4. The number of hydrogen-bond donors (Lipinski definition) is 1. The number of thiocarbonyl (C=S) groups is 1. The summed E-state index contributed by atoms with van der Waals surface area (Å²) >= 11 is 4.98. The molecule has 1 saturated carbocycles. The van der Waals surface area contributed by atoms with Crippen molar-refractivity contribution in [3.05, 3.63) is 0 Å². The topological polar surface area (TPSA) is 46.3 Å². The van der Waals surface area contributed by atoms with E-state index in [1.54, 1.807) is 0 Å². The third-order valence-corrected chi connectivity index (χ3v) is 3.77. The molecular weight excluding hydrogens is 220 g/mol. The number of rotatable bonds is 6. The smallest absolute Gasteiger partial charge is 0.232 e. The molecule has 0 aromatic carbocycles. The summed E-state index contributed by atoms with van der Waals surface area (Å²) < 4.78 is 0. The Kier molecular flexibility index (Phi) is 4.71. The van der Waals surface area contributed by atoms with Gasteiger partial charge in [0.25, 0.3) is 0 Å². The largest absolute Gasteiger partial charge is 0.393 e. The lowest BCUT2D eigenvalue weighted by molar-refractivity contribution is -0.134. The molecule has 0 heterocycles. The summed E-state index contributed by atoms with van der Waals surface area (Å²) in [7, 11) is 1.87. The first-order chi connectivity index (χ1) is 7.49. The second kappa shape index (κ2) is 5.62. The normalized spacial score (nSPS) is 18.9. The molecule has 2 atom stereocenters. The van der Waals surface area contributed by atoms with Crippen LogP contribution in [-0.4, -0.2) is 28.9 Å². The van der Waals surface area contributed by atoms with Gasteiger partial charge in [-0.1, -0.05) is 25.6 Å². The van der Waals surface area contributed by atoms with Gasteiger partial charge in [-0.15, -0.1) is 0 Å². The molecule has 0 aromatic heterocycles. The lowest BCUT2D eigenvalue weighted by atomic mass is 10.0. The standard InChI is InChI=1S/C12H22N2OS/c1-4-5-10(11(13)16)12(15)14(3)8(2)9-6-7-9/h8-10H,4-7H2,1-3H3,(H2,13,16). The van der Waals surface area contributed by atoms with Crippen LogP contribution in [0.2, 0.25) is 0 Å². The average molecular weight is 242 g/mol. The maximum Gasteiger partial charge on any atom is 0.232 e. The Morgan fingerprint density at radius 1 is 1.56 bits per heavy atom. The molecule has 1 rings (SSSR count). The van der Waals surface area contributed by atoms with E-state index in [9.17, 15) is 4.79 Å². The molecule has 3 nitrogen and oxygen atoms in total. The highest BCUT2D eigenvalue weighted by atomic mass is 32.1. The number of amides is 1. The van der Waals surface area contributed by atoms with E-state index >= 15 is 0 Å². The van der Waals surface area contributed by atoms with Crippen LogP contribution < -0.4 is 5.73 Å². The molecule has 4 heteroatoms. The molecule has 0 radical (unpaired) electrons. The summed E-state index contributed by atoms with van der Waals surface area (Å²) in [5.74, 6) is 0.502. The summed E-state index contributed by atoms with van der Waals surface area (Å²) in [5, 5.41) is 0. The van der Waals surface area contributed by atoms with Crippen LogP contribution in [0.1, 0.15) is 39.5 Å². The molecule has 0 spiro atoms. The van der Waals surface area contributed by atoms with Crippen LogP contribution in [0.25, 0.3) is 0 Å². The highest BCUT2D eigenvalue weighted by Gasteiger charge is 2.34. The molecule has 0 bridgehead atoms. The Balaban J connectivity index is 2.61. The molecule has 1 aliphatic carbocycles. The molecule has 1 amide bonds. The first kappa shape index (κ1) is 13.4. The minimum Gasteiger partial charge on any atom is -0.393 e. The minimum absolute atomic E-state index is 0.0914. The second-order valence-electron chi connectivity index (χ2n) is 4.77. The Hall–Kier alpha value is -0.640. The first-order valence-corrected chi connectivity index (χ1v) is 6.45. The lowest BCUT2D eigenvalue weighted by Gasteiger charge is -2.28. The van der Waals surface area contributed by atoms with Crippen molar-refractivity contribution in [1.82, 2.24) is 4.90 Å². The Morgan fingerprint density at radius 3 is 2.50 bits per heavy atom. The fourth-order valence-electron chi connectivity index (χ4n) is 2.02. The van der Waals surface area contributed by atoms with Gasteiger partial charge in [-0.05, 0) is 32.1 Å². The summed E-state index contributed by atoms with van der Waals surface area (Å²) in [6.45, 7) is 4.15. The number of hydrogen-bond acceptors (Lipinski definition) is 2. The second-order valence-corrected chi connectivity index (χ2v) is 5.24. The van der Waals surface area contributed by atoms with Crippen molar-refractivity contribution in [2.75, 3.05) is 7.05 Å². The summed E-state index contributed by atoms with van der Waals surface area (Å²) in [6.07, 6.45) is 4.17. The van der Waals surface area contributed by atoms with E-state index in [1.165, 1.54) is 12.8 Å². The zero-order valence-electron chi connectivity index (χ0n) is 10.4. The van der Waals surface area contributed by atoms with Gasteiger partial charge >= 0.3 is 0 Å². The first-order valence-electron chi connectivity index (χ1n) is 6.05. The van der Waals surface area contributed by atoms with Crippen molar-refractivity contribution in [3.8, 4) is 0 Å². The number of carbonyl (C=O) groups is 1. The highest BCUT2D eigenvalue weighted by Crippen LogP contribution is 2.35. The van der Waals surface area contributed by atoms with E-state index in [1.807, 2.05) is 18.9 Å². The molecule has 16 heavy (non-hydrogen) atoms. The van der Waals surface area contributed by atoms with E-state index in [2.05, 4.69) is 6.92 Å². The van der Waals surface area contributed by atoms with Crippen LogP contribution in [0.5, 0.6) is 0 Å². The van der Waals surface area contributed by atoms with Crippen LogP contribution in [0, 0.1) is 11.8 Å². The summed E-state index contributed by atoms with van der Waals surface area (Å²) in [5.41, 5.74) is 5.64. The van der Waals surface area contributed by atoms with E-state index in [-0.39, 0.29) is 11.8 Å². The van der Waals surface area contributed by atoms with Gasteiger partial charge in [-0.2, -0.15) is 0 Å². The van der Waals surface area contributed by atoms with Crippen LogP contribution >= 0.6 is 12.2 Å². The predicted octanol–water partition coefficient (Wildman–Crippen LogP) is 1.95.